The van der Waals surface area contributed by atoms with Gasteiger partial charge in [0, 0.05) is 18.5 Å². The SMILES string of the molecule is NC1CCC(C(=O)NCc2cccc(OCC(F)(F)F)c2)C1. The molecule has 2 unspecified atom stereocenters. The van der Waals surface area contributed by atoms with Crippen molar-refractivity contribution in [1.82, 2.24) is 5.32 Å². The molecule has 1 aromatic rings. The molecular weight excluding hydrogens is 297 g/mol. The number of amides is 1. The number of hydrogen-bond acceptors (Lipinski definition) is 3. The number of carbonyl (C=O) groups is 1. The average molecular weight is 316 g/mol. The Labute approximate surface area is 126 Å². The molecule has 0 spiro atoms. The summed E-state index contributed by atoms with van der Waals surface area (Å²) in [6, 6.07) is 6.34. The van der Waals surface area contributed by atoms with E-state index in [4.69, 9.17) is 5.73 Å². The van der Waals surface area contributed by atoms with Crippen molar-refractivity contribution >= 4 is 5.91 Å². The first-order valence-corrected chi connectivity index (χ1v) is 7.15. The molecule has 1 fully saturated rings. The Morgan fingerprint density at radius 2 is 2.14 bits per heavy atom. The van der Waals surface area contributed by atoms with Crippen LogP contribution < -0.4 is 15.8 Å². The summed E-state index contributed by atoms with van der Waals surface area (Å²) >= 11 is 0. The summed E-state index contributed by atoms with van der Waals surface area (Å²) in [6.07, 6.45) is -2.06. The van der Waals surface area contributed by atoms with E-state index in [1.807, 2.05) is 0 Å². The predicted molar refractivity (Wildman–Crippen MR) is 75.2 cm³/mol. The third-order valence-corrected chi connectivity index (χ3v) is 3.61. The van der Waals surface area contributed by atoms with Crippen molar-refractivity contribution in [3.05, 3.63) is 29.8 Å². The van der Waals surface area contributed by atoms with Crippen LogP contribution in [0.5, 0.6) is 5.75 Å². The van der Waals surface area contributed by atoms with Gasteiger partial charge in [-0.1, -0.05) is 12.1 Å². The zero-order chi connectivity index (χ0) is 16.2. The van der Waals surface area contributed by atoms with Gasteiger partial charge in [0.1, 0.15) is 5.75 Å². The maximum Gasteiger partial charge on any atom is 0.422 e. The summed E-state index contributed by atoms with van der Waals surface area (Å²) in [4.78, 5) is 12.0. The number of ether oxygens (including phenoxy) is 1. The minimum Gasteiger partial charge on any atom is -0.484 e. The Hall–Kier alpha value is -1.76. The number of alkyl halides is 3. The number of nitrogens with two attached hydrogens (primary N) is 1. The fraction of sp³-hybridized carbons (Fsp3) is 0.533. The van der Waals surface area contributed by atoms with E-state index in [0.29, 0.717) is 12.0 Å². The molecule has 22 heavy (non-hydrogen) atoms. The van der Waals surface area contributed by atoms with Crippen LogP contribution in [0.25, 0.3) is 0 Å². The van der Waals surface area contributed by atoms with Crippen molar-refractivity contribution in [2.45, 2.75) is 38.0 Å². The van der Waals surface area contributed by atoms with Gasteiger partial charge < -0.3 is 15.8 Å². The Bertz CT molecular complexity index is 520. The van der Waals surface area contributed by atoms with Crippen molar-refractivity contribution < 1.29 is 22.7 Å². The molecule has 122 valence electrons. The average Bonchev–Trinajstić information content (AvgIpc) is 2.89. The fourth-order valence-electron chi connectivity index (χ4n) is 2.50. The molecule has 1 aliphatic carbocycles. The van der Waals surface area contributed by atoms with E-state index in [1.54, 1.807) is 12.1 Å². The number of rotatable bonds is 5. The Kier molecular flexibility index (Phi) is 5.28. The molecule has 2 rings (SSSR count). The maximum atomic E-state index is 12.1. The van der Waals surface area contributed by atoms with E-state index < -0.39 is 12.8 Å². The smallest absolute Gasteiger partial charge is 0.422 e. The molecule has 0 bridgehead atoms. The summed E-state index contributed by atoms with van der Waals surface area (Å²) in [6.45, 7) is -1.07. The standard InChI is InChI=1S/C15H19F3N2O2/c16-15(17,18)9-22-13-3-1-2-10(6-13)8-20-14(21)11-4-5-12(19)7-11/h1-3,6,11-12H,4-5,7-9,19H2,(H,20,21). The minimum atomic E-state index is -4.37. The van der Waals surface area contributed by atoms with Crippen LogP contribution in [0.1, 0.15) is 24.8 Å². The molecule has 7 heteroatoms. The lowest BCUT2D eigenvalue weighted by atomic mass is 10.1. The van der Waals surface area contributed by atoms with Crippen LogP contribution in [-0.4, -0.2) is 24.7 Å². The first kappa shape index (κ1) is 16.6. The van der Waals surface area contributed by atoms with Crippen LogP contribution in [-0.2, 0) is 11.3 Å². The number of carbonyl (C=O) groups excluding carboxylic acids is 1. The molecule has 0 aliphatic heterocycles. The second-order valence-electron chi connectivity index (χ2n) is 5.54. The topological polar surface area (TPSA) is 64.4 Å². The van der Waals surface area contributed by atoms with Crippen molar-refractivity contribution in [2.24, 2.45) is 11.7 Å². The molecule has 1 aromatic carbocycles. The van der Waals surface area contributed by atoms with Crippen molar-refractivity contribution in [3.8, 4) is 5.75 Å². The van der Waals surface area contributed by atoms with E-state index >= 15 is 0 Å². The van der Waals surface area contributed by atoms with Crippen LogP contribution in [0, 0.1) is 5.92 Å². The lowest BCUT2D eigenvalue weighted by Gasteiger charge is -2.12. The van der Waals surface area contributed by atoms with Gasteiger partial charge in [-0.15, -0.1) is 0 Å². The predicted octanol–water partition coefficient (Wildman–Crippen LogP) is 2.37. The Morgan fingerprint density at radius 3 is 2.77 bits per heavy atom. The molecule has 0 aromatic heterocycles. The van der Waals surface area contributed by atoms with Gasteiger partial charge in [0.05, 0.1) is 0 Å². The largest absolute Gasteiger partial charge is 0.484 e. The normalized spacial score (nSPS) is 21.6. The van der Waals surface area contributed by atoms with Gasteiger partial charge in [-0.2, -0.15) is 13.2 Å². The molecule has 0 radical (unpaired) electrons. The number of nitrogens with one attached hydrogen (secondary N) is 1. The third kappa shape index (κ3) is 5.22. The number of benzene rings is 1. The Morgan fingerprint density at radius 1 is 1.36 bits per heavy atom. The van der Waals surface area contributed by atoms with Gasteiger partial charge in [0.15, 0.2) is 6.61 Å². The van der Waals surface area contributed by atoms with E-state index in [0.717, 1.165) is 12.8 Å². The zero-order valence-corrected chi connectivity index (χ0v) is 12.0. The lowest BCUT2D eigenvalue weighted by Crippen LogP contribution is -2.30. The third-order valence-electron chi connectivity index (χ3n) is 3.61. The summed E-state index contributed by atoms with van der Waals surface area (Å²) in [7, 11) is 0. The van der Waals surface area contributed by atoms with E-state index in [1.165, 1.54) is 12.1 Å². The van der Waals surface area contributed by atoms with Gasteiger partial charge in [-0.25, -0.2) is 0 Å². The minimum absolute atomic E-state index is 0.0606. The highest BCUT2D eigenvalue weighted by Gasteiger charge is 2.29. The zero-order valence-electron chi connectivity index (χ0n) is 12.0. The first-order chi connectivity index (χ1) is 10.3. The summed E-state index contributed by atoms with van der Waals surface area (Å²) in [5, 5.41) is 2.79. The van der Waals surface area contributed by atoms with Crippen LogP contribution in [0.4, 0.5) is 13.2 Å². The monoisotopic (exact) mass is 316 g/mol. The molecule has 1 aliphatic rings. The van der Waals surface area contributed by atoms with Crippen molar-refractivity contribution in [3.63, 3.8) is 0 Å². The molecule has 1 saturated carbocycles. The summed E-state index contributed by atoms with van der Waals surface area (Å²) in [5.74, 6) is 0.00110. The summed E-state index contributed by atoms with van der Waals surface area (Å²) < 4.78 is 41.0. The van der Waals surface area contributed by atoms with Crippen LogP contribution in [0.3, 0.4) is 0 Å². The molecule has 4 nitrogen and oxygen atoms in total. The van der Waals surface area contributed by atoms with Crippen molar-refractivity contribution in [1.29, 1.82) is 0 Å². The number of halogens is 3. The van der Waals surface area contributed by atoms with Gasteiger partial charge in [-0.3, -0.25) is 4.79 Å². The summed E-state index contributed by atoms with van der Waals surface area (Å²) in [5.41, 5.74) is 6.46. The molecular formula is C15H19F3N2O2. The Balaban J connectivity index is 1.84. The van der Waals surface area contributed by atoms with Crippen LogP contribution in [0.15, 0.2) is 24.3 Å². The van der Waals surface area contributed by atoms with Crippen LogP contribution >= 0.6 is 0 Å². The van der Waals surface area contributed by atoms with E-state index in [-0.39, 0.29) is 30.2 Å². The second-order valence-corrected chi connectivity index (χ2v) is 5.54. The molecule has 0 saturated heterocycles. The maximum absolute atomic E-state index is 12.1. The number of hydrogen-bond donors (Lipinski definition) is 2. The molecule has 1 amide bonds. The lowest BCUT2D eigenvalue weighted by molar-refractivity contribution is -0.153. The van der Waals surface area contributed by atoms with Gasteiger partial charge in [0.25, 0.3) is 0 Å². The highest BCUT2D eigenvalue weighted by Crippen LogP contribution is 2.24. The highest BCUT2D eigenvalue weighted by atomic mass is 19.4. The molecule has 2 atom stereocenters. The fourth-order valence-corrected chi connectivity index (χ4v) is 2.50. The van der Waals surface area contributed by atoms with Gasteiger partial charge in [-0.05, 0) is 37.0 Å². The van der Waals surface area contributed by atoms with E-state index in [9.17, 15) is 18.0 Å². The van der Waals surface area contributed by atoms with Gasteiger partial charge in [0.2, 0.25) is 5.91 Å². The van der Waals surface area contributed by atoms with Crippen LogP contribution in [0.2, 0.25) is 0 Å². The second kappa shape index (κ2) is 7.00. The molecule has 0 heterocycles. The van der Waals surface area contributed by atoms with Crippen molar-refractivity contribution in [2.75, 3.05) is 6.61 Å². The highest BCUT2D eigenvalue weighted by molar-refractivity contribution is 5.79. The molecule has 3 N–H and O–H groups in total. The quantitative estimate of drug-likeness (QED) is 0.876. The van der Waals surface area contributed by atoms with Gasteiger partial charge >= 0.3 is 6.18 Å². The van der Waals surface area contributed by atoms with E-state index in [2.05, 4.69) is 10.1 Å². The first-order valence-electron chi connectivity index (χ1n) is 7.15.